The minimum absolute atomic E-state index is 0.0507. The Morgan fingerprint density at radius 3 is 2.79 bits per heavy atom. The van der Waals surface area contributed by atoms with E-state index in [1.165, 1.54) is 27.5 Å². The molecule has 1 aromatic heterocycles. The van der Waals surface area contributed by atoms with Crippen LogP contribution in [0.5, 0.6) is 0 Å². The van der Waals surface area contributed by atoms with Crippen LogP contribution in [0.1, 0.15) is 34.3 Å². The molecular formula is C21H21N5O2. The lowest BCUT2D eigenvalue weighted by molar-refractivity contribution is -0.133. The fourth-order valence-electron chi connectivity index (χ4n) is 4.59. The van der Waals surface area contributed by atoms with Crippen LogP contribution in [0.3, 0.4) is 0 Å². The van der Waals surface area contributed by atoms with Crippen molar-refractivity contribution in [3.8, 4) is 0 Å². The Balaban J connectivity index is 1.38. The number of rotatable bonds is 4. The second-order valence-electron chi connectivity index (χ2n) is 7.66. The van der Waals surface area contributed by atoms with E-state index in [1.54, 1.807) is 4.90 Å². The third-order valence-corrected chi connectivity index (χ3v) is 5.98. The lowest BCUT2D eigenvalue weighted by Gasteiger charge is -2.32. The standard InChI is InChI=1S/C21H21N5O2/c27-19(12-26-13-22-23-24-26)25-10-2-4-16(11-25)21(28)18-9-8-15-7-6-14-3-1-5-17(18)20(14)15/h1,3,5,8-9,13,16H,2,4,6-7,10-12H2/t16-/m1/s1. The average molecular weight is 375 g/mol. The fourth-order valence-corrected chi connectivity index (χ4v) is 4.59. The number of Topliss-reactive ketones (excluding diaryl/α,β-unsaturated/α-hetero) is 1. The van der Waals surface area contributed by atoms with Crippen molar-refractivity contribution < 1.29 is 9.59 Å². The highest BCUT2D eigenvalue weighted by Gasteiger charge is 2.30. The fraction of sp³-hybridized carbons (Fsp3) is 0.381. The summed E-state index contributed by atoms with van der Waals surface area (Å²) in [6.07, 6.45) is 5.17. The van der Waals surface area contributed by atoms with Gasteiger partial charge in [0.25, 0.3) is 0 Å². The molecule has 7 nitrogen and oxygen atoms in total. The van der Waals surface area contributed by atoms with E-state index < -0.39 is 0 Å². The van der Waals surface area contributed by atoms with Crippen LogP contribution in [0.15, 0.2) is 36.7 Å². The lowest BCUT2D eigenvalue weighted by Crippen LogP contribution is -2.43. The number of hydrogen-bond acceptors (Lipinski definition) is 5. The largest absolute Gasteiger partial charge is 0.340 e. The first kappa shape index (κ1) is 17.0. The zero-order valence-corrected chi connectivity index (χ0v) is 15.5. The summed E-state index contributed by atoms with van der Waals surface area (Å²) in [6, 6.07) is 10.4. The minimum Gasteiger partial charge on any atom is -0.340 e. The molecule has 28 heavy (non-hydrogen) atoms. The molecule has 1 saturated heterocycles. The molecule has 0 unspecified atom stereocenters. The van der Waals surface area contributed by atoms with E-state index in [1.807, 2.05) is 12.1 Å². The summed E-state index contributed by atoms with van der Waals surface area (Å²) in [7, 11) is 0. The molecule has 3 aromatic rings. The molecule has 1 aliphatic heterocycles. The minimum atomic E-state index is -0.162. The molecule has 142 valence electrons. The number of aryl methyl sites for hydroxylation is 2. The predicted molar refractivity (Wildman–Crippen MR) is 103 cm³/mol. The quantitative estimate of drug-likeness (QED) is 0.652. The van der Waals surface area contributed by atoms with Crippen LogP contribution in [0, 0.1) is 5.92 Å². The van der Waals surface area contributed by atoms with Crippen LogP contribution in [0.25, 0.3) is 10.8 Å². The van der Waals surface area contributed by atoms with Crippen molar-refractivity contribution in [2.75, 3.05) is 13.1 Å². The van der Waals surface area contributed by atoms with Crippen LogP contribution in [-0.4, -0.2) is 49.9 Å². The van der Waals surface area contributed by atoms with Crippen LogP contribution in [0.4, 0.5) is 0 Å². The topological polar surface area (TPSA) is 81.0 Å². The van der Waals surface area contributed by atoms with Gasteiger partial charge in [-0.15, -0.1) is 5.10 Å². The van der Waals surface area contributed by atoms with Crippen LogP contribution in [-0.2, 0) is 24.2 Å². The molecule has 1 atom stereocenters. The summed E-state index contributed by atoms with van der Waals surface area (Å²) in [5.74, 6) is -0.0641. The molecular weight excluding hydrogens is 354 g/mol. The maximum absolute atomic E-state index is 13.4. The highest BCUT2D eigenvalue weighted by atomic mass is 16.2. The van der Waals surface area contributed by atoms with Crippen molar-refractivity contribution in [3.63, 3.8) is 0 Å². The number of piperidine rings is 1. The average Bonchev–Trinajstić information content (AvgIpc) is 3.39. The molecule has 0 saturated carbocycles. The van der Waals surface area contributed by atoms with Crippen molar-refractivity contribution in [1.82, 2.24) is 25.1 Å². The summed E-state index contributed by atoms with van der Waals surface area (Å²) in [6.45, 7) is 1.24. The van der Waals surface area contributed by atoms with Gasteiger partial charge in [0.1, 0.15) is 12.9 Å². The first-order chi connectivity index (χ1) is 13.7. The molecule has 5 rings (SSSR count). The monoisotopic (exact) mass is 375 g/mol. The Morgan fingerprint density at radius 2 is 1.96 bits per heavy atom. The molecule has 0 N–H and O–H groups in total. The van der Waals surface area contributed by atoms with E-state index in [9.17, 15) is 9.59 Å². The van der Waals surface area contributed by atoms with Crippen molar-refractivity contribution >= 4 is 22.5 Å². The van der Waals surface area contributed by atoms with Gasteiger partial charge in [0.2, 0.25) is 5.91 Å². The second-order valence-corrected chi connectivity index (χ2v) is 7.66. The zero-order valence-electron chi connectivity index (χ0n) is 15.5. The van der Waals surface area contributed by atoms with Gasteiger partial charge in [-0.1, -0.05) is 30.3 Å². The maximum atomic E-state index is 13.4. The molecule has 1 fully saturated rings. The number of amides is 1. The van der Waals surface area contributed by atoms with Gasteiger partial charge in [-0.2, -0.15) is 0 Å². The Bertz CT molecular complexity index is 1050. The summed E-state index contributed by atoms with van der Waals surface area (Å²) >= 11 is 0. The number of carbonyl (C=O) groups is 2. The molecule has 0 spiro atoms. The Labute approximate surface area is 162 Å². The summed E-state index contributed by atoms with van der Waals surface area (Å²) in [4.78, 5) is 27.7. The number of aromatic nitrogens is 4. The first-order valence-corrected chi connectivity index (χ1v) is 9.77. The molecule has 7 heteroatoms. The van der Waals surface area contributed by atoms with E-state index in [4.69, 9.17) is 0 Å². The Morgan fingerprint density at radius 1 is 1.11 bits per heavy atom. The molecule has 2 aromatic carbocycles. The number of carbonyl (C=O) groups excluding carboxylic acids is 2. The van der Waals surface area contributed by atoms with Gasteiger partial charge in [-0.25, -0.2) is 4.68 Å². The molecule has 0 bridgehead atoms. The van der Waals surface area contributed by atoms with Gasteiger partial charge in [0.15, 0.2) is 5.78 Å². The summed E-state index contributed by atoms with van der Waals surface area (Å²) < 4.78 is 1.41. The van der Waals surface area contributed by atoms with E-state index in [2.05, 4.69) is 33.7 Å². The highest BCUT2D eigenvalue weighted by Crippen LogP contribution is 2.34. The summed E-state index contributed by atoms with van der Waals surface area (Å²) in [5, 5.41) is 13.2. The molecule has 0 radical (unpaired) electrons. The lowest BCUT2D eigenvalue weighted by atomic mass is 9.87. The van der Waals surface area contributed by atoms with Crippen molar-refractivity contribution in [2.45, 2.75) is 32.2 Å². The van der Waals surface area contributed by atoms with Gasteiger partial charge in [0, 0.05) is 24.6 Å². The van der Waals surface area contributed by atoms with E-state index in [0.717, 1.165) is 36.6 Å². The van der Waals surface area contributed by atoms with Gasteiger partial charge < -0.3 is 4.90 Å². The third kappa shape index (κ3) is 2.87. The van der Waals surface area contributed by atoms with Gasteiger partial charge >= 0.3 is 0 Å². The Kier molecular flexibility index (Phi) is 4.15. The van der Waals surface area contributed by atoms with Crippen molar-refractivity contribution in [1.29, 1.82) is 0 Å². The number of likely N-dealkylation sites (tertiary alicyclic amines) is 1. The van der Waals surface area contributed by atoms with Gasteiger partial charge in [0.05, 0.1) is 0 Å². The van der Waals surface area contributed by atoms with Gasteiger partial charge in [-0.05, 0) is 58.0 Å². The maximum Gasteiger partial charge on any atom is 0.244 e. The van der Waals surface area contributed by atoms with Crippen LogP contribution < -0.4 is 0 Å². The predicted octanol–water partition coefficient (Wildman–Crippen LogP) is 2.05. The van der Waals surface area contributed by atoms with Crippen molar-refractivity contribution in [3.05, 3.63) is 53.3 Å². The summed E-state index contributed by atoms with van der Waals surface area (Å²) in [5.41, 5.74) is 3.47. The highest BCUT2D eigenvalue weighted by molar-refractivity contribution is 6.11. The number of nitrogens with zero attached hydrogens (tertiary/aromatic N) is 5. The van der Waals surface area contributed by atoms with Gasteiger partial charge in [-0.3, -0.25) is 9.59 Å². The zero-order chi connectivity index (χ0) is 19.1. The van der Waals surface area contributed by atoms with E-state index in [0.29, 0.717) is 13.1 Å². The molecule has 1 amide bonds. The van der Waals surface area contributed by atoms with Crippen molar-refractivity contribution in [2.24, 2.45) is 5.92 Å². The molecule has 2 heterocycles. The normalized spacial score (nSPS) is 18.6. The number of hydrogen-bond donors (Lipinski definition) is 0. The second kappa shape index (κ2) is 6.82. The first-order valence-electron chi connectivity index (χ1n) is 9.77. The van der Waals surface area contributed by atoms with Crippen LogP contribution >= 0.6 is 0 Å². The smallest absolute Gasteiger partial charge is 0.244 e. The van der Waals surface area contributed by atoms with E-state index >= 15 is 0 Å². The third-order valence-electron chi connectivity index (χ3n) is 5.98. The molecule has 2 aliphatic rings. The number of tetrazole rings is 1. The SMILES string of the molecule is O=C(c1ccc2c3c(cccc13)CC2)[C@@H]1CCCN(C(=O)Cn2cnnn2)C1. The number of ketones is 1. The van der Waals surface area contributed by atoms with E-state index in [-0.39, 0.29) is 24.2 Å². The Hall–Kier alpha value is -3.09. The molecule has 1 aliphatic carbocycles. The van der Waals surface area contributed by atoms with Crippen LogP contribution in [0.2, 0.25) is 0 Å². The number of benzene rings is 2.